The molecule has 0 spiro atoms. The topological polar surface area (TPSA) is 80.3 Å². The Kier molecular flexibility index (Phi) is 6.93. The Morgan fingerprint density at radius 2 is 1.89 bits per heavy atom. The first-order valence-electron chi connectivity index (χ1n) is 9.14. The molecule has 0 aliphatic carbocycles. The highest BCUT2D eigenvalue weighted by Crippen LogP contribution is 2.24. The van der Waals surface area contributed by atoms with Gasteiger partial charge in [0.2, 0.25) is 5.91 Å². The Hall–Kier alpha value is -2.89. The molecule has 2 amide bonds. The van der Waals surface area contributed by atoms with Gasteiger partial charge >= 0.3 is 0 Å². The molecule has 2 rings (SSSR count). The second-order valence-corrected chi connectivity index (χ2v) is 6.69. The molecular formula is C21H27N3O3. The zero-order valence-electron chi connectivity index (χ0n) is 16.5. The van der Waals surface area contributed by atoms with Gasteiger partial charge in [0.05, 0.1) is 23.9 Å². The summed E-state index contributed by atoms with van der Waals surface area (Å²) in [5, 5.41) is 5.76. The maximum absolute atomic E-state index is 12.8. The van der Waals surface area contributed by atoms with Crippen LogP contribution in [0.1, 0.15) is 55.5 Å². The lowest BCUT2D eigenvalue weighted by Crippen LogP contribution is -2.28. The Morgan fingerprint density at radius 3 is 2.52 bits per heavy atom. The first-order chi connectivity index (χ1) is 12.8. The van der Waals surface area contributed by atoms with Crippen molar-refractivity contribution >= 4 is 17.5 Å². The van der Waals surface area contributed by atoms with Crippen molar-refractivity contribution in [3.63, 3.8) is 0 Å². The smallest absolute Gasteiger partial charge is 0.255 e. The summed E-state index contributed by atoms with van der Waals surface area (Å²) < 4.78 is 5.58. The van der Waals surface area contributed by atoms with Gasteiger partial charge in [0, 0.05) is 17.3 Å². The van der Waals surface area contributed by atoms with Crippen LogP contribution in [0.2, 0.25) is 0 Å². The fraction of sp³-hybridized carbons (Fsp3) is 0.381. The maximum atomic E-state index is 12.8. The zero-order valence-corrected chi connectivity index (χ0v) is 16.5. The molecule has 6 nitrogen and oxygen atoms in total. The Morgan fingerprint density at radius 1 is 1.15 bits per heavy atom. The number of nitrogens with zero attached hydrogens (tertiary/aromatic N) is 1. The van der Waals surface area contributed by atoms with Crippen LogP contribution in [0.15, 0.2) is 36.4 Å². The number of aryl methyl sites for hydroxylation is 1. The molecule has 0 bridgehead atoms. The van der Waals surface area contributed by atoms with E-state index in [1.165, 1.54) is 0 Å². The van der Waals surface area contributed by atoms with E-state index in [9.17, 15) is 9.59 Å². The van der Waals surface area contributed by atoms with E-state index in [0.29, 0.717) is 23.6 Å². The quantitative estimate of drug-likeness (QED) is 0.776. The van der Waals surface area contributed by atoms with Gasteiger partial charge in [0.25, 0.3) is 5.91 Å². The molecule has 2 N–H and O–H groups in total. The highest BCUT2D eigenvalue weighted by Gasteiger charge is 2.18. The Labute approximate surface area is 160 Å². The predicted molar refractivity (Wildman–Crippen MR) is 106 cm³/mol. The van der Waals surface area contributed by atoms with Gasteiger partial charge < -0.3 is 15.4 Å². The van der Waals surface area contributed by atoms with Gasteiger partial charge in [-0.3, -0.25) is 14.6 Å². The molecule has 0 saturated heterocycles. The number of amides is 2. The number of benzene rings is 1. The Bertz CT molecular complexity index is 818. The monoisotopic (exact) mass is 369 g/mol. The van der Waals surface area contributed by atoms with Crippen molar-refractivity contribution in [3.8, 4) is 5.75 Å². The van der Waals surface area contributed by atoms with E-state index >= 15 is 0 Å². The van der Waals surface area contributed by atoms with Crippen LogP contribution in [-0.2, 0) is 4.79 Å². The fourth-order valence-corrected chi connectivity index (χ4v) is 2.51. The molecule has 6 heteroatoms. The van der Waals surface area contributed by atoms with E-state index in [2.05, 4.69) is 15.6 Å². The van der Waals surface area contributed by atoms with Gasteiger partial charge in [-0.25, -0.2) is 0 Å². The molecule has 0 aliphatic heterocycles. The molecular weight excluding hydrogens is 342 g/mol. The molecule has 27 heavy (non-hydrogen) atoms. The third-order valence-corrected chi connectivity index (χ3v) is 4.02. The van der Waals surface area contributed by atoms with Crippen molar-refractivity contribution in [1.82, 2.24) is 10.3 Å². The number of carbonyl (C=O) groups is 2. The minimum absolute atomic E-state index is 0.108. The number of pyridine rings is 1. The predicted octanol–water partition coefficient (Wildman–Crippen LogP) is 3.87. The SMILES string of the molecule is CCOc1ccc(NC(=O)C(C)C)cc1C(=O)NC(C)c1cccc(C)n1. The lowest BCUT2D eigenvalue weighted by Gasteiger charge is -2.17. The Balaban J connectivity index is 2.24. The first-order valence-corrected chi connectivity index (χ1v) is 9.14. The highest BCUT2D eigenvalue weighted by molar-refractivity contribution is 6.00. The summed E-state index contributed by atoms with van der Waals surface area (Å²) in [6.07, 6.45) is 0. The van der Waals surface area contributed by atoms with Gasteiger partial charge in [-0.05, 0) is 51.1 Å². The molecule has 1 unspecified atom stereocenters. The van der Waals surface area contributed by atoms with E-state index in [0.717, 1.165) is 11.4 Å². The van der Waals surface area contributed by atoms with Gasteiger partial charge in [-0.15, -0.1) is 0 Å². The number of hydrogen-bond acceptors (Lipinski definition) is 4. The molecule has 0 saturated carbocycles. The standard InChI is InChI=1S/C21H27N3O3/c1-6-27-19-11-10-16(24-20(25)13(2)3)12-17(19)21(26)23-15(5)18-9-7-8-14(4)22-18/h7-13,15H,6H2,1-5H3,(H,23,26)(H,24,25). The molecule has 0 fully saturated rings. The molecule has 2 aromatic rings. The highest BCUT2D eigenvalue weighted by atomic mass is 16.5. The largest absolute Gasteiger partial charge is 0.493 e. The summed E-state index contributed by atoms with van der Waals surface area (Å²) in [7, 11) is 0. The fourth-order valence-electron chi connectivity index (χ4n) is 2.51. The molecule has 0 radical (unpaired) electrons. The average molecular weight is 369 g/mol. The summed E-state index contributed by atoms with van der Waals surface area (Å²) in [6.45, 7) is 9.71. The molecule has 1 aromatic carbocycles. The lowest BCUT2D eigenvalue weighted by atomic mass is 10.1. The van der Waals surface area contributed by atoms with Crippen LogP contribution in [0.3, 0.4) is 0 Å². The summed E-state index contributed by atoms with van der Waals surface area (Å²) >= 11 is 0. The summed E-state index contributed by atoms with van der Waals surface area (Å²) in [5.74, 6) is -0.0686. The number of aromatic nitrogens is 1. The third kappa shape index (κ3) is 5.54. The van der Waals surface area contributed by atoms with Crippen LogP contribution in [0.4, 0.5) is 5.69 Å². The van der Waals surface area contributed by atoms with Gasteiger partial charge in [0.15, 0.2) is 0 Å². The van der Waals surface area contributed by atoms with E-state index in [1.54, 1.807) is 18.2 Å². The number of ether oxygens (including phenoxy) is 1. The van der Waals surface area contributed by atoms with Crippen molar-refractivity contribution in [2.75, 3.05) is 11.9 Å². The molecule has 1 aromatic heterocycles. The van der Waals surface area contributed by atoms with E-state index in [1.807, 2.05) is 52.8 Å². The van der Waals surface area contributed by atoms with E-state index in [4.69, 9.17) is 4.74 Å². The molecule has 1 atom stereocenters. The minimum atomic E-state index is -0.282. The van der Waals surface area contributed by atoms with E-state index < -0.39 is 0 Å². The van der Waals surface area contributed by atoms with Gasteiger partial charge in [-0.2, -0.15) is 0 Å². The third-order valence-electron chi connectivity index (χ3n) is 4.02. The number of nitrogens with one attached hydrogen (secondary N) is 2. The number of hydrogen-bond donors (Lipinski definition) is 2. The van der Waals surface area contributed by atoms with Crippen molar-refractivity contribution in [3.05, 3.63) is 53.3 Å². The average Bonchev–Trinajstić information content (AvgIpc) is 2.62. The molecule has 0 aliphatic rings. The number of carbonyl (C=O) groups excluding carboxylic acids is 2. The lowest BCUT2D eigenvalue weighted by molar-refractivity contribution is -0.118. The van der Waals surface area contributed by atoms with Crippen LogP contribution in [0.5, 0.6) is 5.75 Å². The summed E-state index contributed by atoms with van der Waals surface area (Å²) in [6, 6.07) is 10.5. The van der Waals surface area contributed by atoms with Crippen LogP contribution in [0.25, 0.3) is 0 Å². The van der Waals surface area contributed by atoms with Gasteiger partial charge in [-0.1, -0.05) is 19.9 Å². The molecule has 144 valence electrons. The van der Waals surface area contributed by atoms with Crippen molar-refractivity contribution in [1.29, 1.82) is 0 Å². The van der Waals surface area contributed by atoms with Crippen molar-refractivity contribution in [2.24, 2.45) is 5.92 Å². The molecule has 1 heterocycles. The first kappa shape index (κ1) is 20.4. The number of anilines is 1. The normalized spacial score (nSPS) is 11.8. The van der Waals surface area contributed by atoms with Crippen molar-refractivity contribution < 1.29 is 14.3 Å². The summed E-state index contributed by atoms with van der Waals surface area (Å²) in [4.78, 5) is 29.2. The second-order valence-electron chi connectivity index (χ2n) is 6.69. The maximum Gasteiger partial charge on any atom is 0.255 e. The summed E-state index contributed by atoms with van der Waals surface area (Å²) in [5.41, 5.74) is 2.61. The van der Waals surface area contributed by atoms with Crippen LogP contribution in [0, 0.1) is 12.8 Å². The van der Waals surface area contributed by atoms with Crippen LogP contribution >= 0.6 is 0 Å². The van der Waals surface area contributed by atoms with Crippen LogP contribution < -0.4 is 15.4 Å². The van der Waals surface area contributed by atoms with E-state index in [-0.39, 0.29) is 23.8 Å². The second kappa shape index (κ2) is 9.16. The van der Waals surface area contributed by atoms with Gasteiger partial charge in [0.1, 0.15) is 5.75 Å². The van der Waals surface area contributed by atoms with Crippen molar-refractivity contribution in [2.45, 2.75) is 40.7 Å². The zero-order chi connectivity index (χ0) is 20.0. The van der Waals surface area contributed by atoms with Crippen LogP contribution in [-0.4, -0.2) is 23.4 Å². The number of rotatable bonds is 7. The minimum Gasteiger partial charge on any atom is -0.493 e.